The van der Waals surface area contributed by atoms with Gasteiger partial charge < -0.3 is 19.7 Å². The topological polar surface area (TPSA) is 99.9 Å². The van der Waals surface area contributed by atoms with Gasteiger partial charge in [-0.3, -0.25) is 14.4 Å². The molecule has 1 heterocycles. The molecule has 0 fully saturated rings. The first-order valence-corrected chi connectivity index (χ1v) is 6.20. The third-order valence-electron chi connectivity index (χ3n) is 2.76. The summed E-state index contributed by atoms with van der Waals surface area (Å²) in [6, 6.07) is 3.12. The van der Waals surface area contributed by atoms with Gasteiger partial charge in [0.2, 0.25) is 5.91 Å². The second-order valence-electron chi connectivity index (χ2n) is 4.50. The zero-order chi connectivity index (χ0) is 15.1. The van der Waals surface area contributed by atoms with Crippen molar-refractivity contribution in [2.45, 2.75) is 13.3 Å². The first-order valence-electron chi connectivity index (χ1n) is 6.20. The first-order chi connectivity index (χ1) is 9.41. The summed E-state index contributed by atoms with van der Waals surface area (Å²) < 4.78 is 4.91. The van der Waals surface area contributed by atoms with Crippen molar-refractivity contribution in [2.75, 3.05) is 20.1 Å². The van der Waals surface area contributed by atoms with E-state index in [0.29, 0.717) is 0 Å². The Balaban J connectivity index is 2.29. The average molecular weight is 282 g/mol. The van der Waals surface area contributed by atoms with E-state index in [4.69, 9.17) is 9.52 Å². The molecule has 0 radical (unpaired) electrons. The maximum atomic E-state index is 11.7. The smallest absolute Gasteiger partial charge is 0.308 e. The third-order valence-corrected chi connectivity index (χ3v) is 2.76. The van der Waals surface area contributed by atoms with Gasteiger partial charge in [-0.05, 0) is 12.1 Å². The lowest BCUT2D eigenvalue weighted by Crippen LogP contribution is -2.36. The Morgan fingerprint density at radius 2 is 2.15 bits per heavy atom. The fraction of sp³-hybridized carbons (Fsp3) is 0.462. The van der Waals surface area contributed by atoms with Crippen LogP contribution in [0.5, 0.6) is 0 Å². The van der Waals surface area contributed by atoms with Gasteiger partial charge in [-0.25, -0.2) is 0 Å². The zero-order valence-electron chi connectivity index (χ0n) is 11.5. The van der Waals surface area contributed by atoms with E-state index in [9.17, 15) is 14.4 Å². The molecular weight excluding hydrogens is 264 g/mol. The van der Waals surface area contributed by atoms with Crippen LogP contribution in [0, 0.1) is 5.92 Å². The van der Waals surface area contributed by atoms with Crippen molar-refractivity contribution >= 4 is 17.8 Å². The van der Waals surface area contributed by atoms with E-state index < -0.39 is 11.9 Å². The van der Waals surface area contributed by atoms with E-state index in [0.717, 1.165) is 0 Å². The van der Waals surface area contributed by atoms with Gasteiger partial charge in [-0.15, -0.1) is 0 Å². The first kappa shape index (κ1) is 15.7. The van der Waals surface area contributed by atoms with Crippen LogP contribution in [0.2, 0.25) is 0 Å². The Labute approximate surface area is 116 Å². The molecule has 1 aromatic heterocycles. The molecule has 0 saturated carbocycles. The van der Waals surface area contributed by atoms with Crippen molar-refractivity contribution in [1.29, 1.82) is 0 Å². The lowest BCUT2D eigenvalue weighted by atomic mass is 10.1. The SMILES string of the molecule is CC(CN(C)C(=O)CCNC(=O)c1ccco1)C(=O)O. The van der Waals surface area contributed by atoms with E-state index in [-0.39, 0.29) is 37.1 Å². The Hall–Kier alpha value is -2.31. The van der Waals surface area contributed by atoms with Crippen molar-refractivity contribution in [3.05, 3.63) is 24.2 Å². The molecule has 20 heavy (non-hydrogen) atoms. The number of carbonyl (C=O) groups is 3. The summed E-state index contributed by atoms with van der Waals surface area (Å²) in [5.74, 6) is -2.00. The summed E-state index contributed by atoms with van der Waals surface area (Å²) in [6.07, 6.45) is 1.50. The molecule has 7 nitrogen and oxygen atoms in total. The van der Waals surface area contributed by atoms with Crippen molar-refractivity contribution in [3.8, 4) is 0 Å². The number of amides is 2. The van der Waals surface area contributed by atoms with Crippen LogP contribution in [0.25, 0.3) is 0 Å². The fourth-order valence-corrected chi connectivity index (χ4v) is 1.56. The molecule has 0 aliphatic carbocycles. The number of carbonyl (C=O) groups excluding carboxylic acids is 2. The van der Waals surface area contributed by atoms with Crippen molar-refractivity contribution in [1.82, 2.24) is 10.2 Å². The molecule has 1 unspecified atom stereocenters. The van der Waals surface area contributed by atoms with Gasteiger partial charge in [0, 0.05) is 26.6 Å². The summed E-state index contributed by atoms with van der Waals surface area (Å²) in [5.41, 5.74) is 0. The van der Waals surface area contributed by atoms with Gasteiger partial charge in [0.15, 0.2) is 5.76 Å². The Kier molecular flexibility index (Phi) is 5.76. The van der Waals surface area contributed by atoms with Crippen molar-refractivity contribution in [3.63, 3.8) is 0 Å². The van der Waals surface area contributed by atoms with Crippen LogP contribution in [0.4, 0.5) is 0 Å². The Morgan fingerprint density at radius 3 is 2.70 bits per heavy atom. The van der Waals surface area contributed by atoms with Crippen LogP contribution >= 0.6 is 0 Å². The Bertz CT molecular complexity index is 469. The molecule has 0 aliphatic heterocycles. The van der Waals surface area contributed by atoms with Crippen LogP contribution < -0.4 is 5.32 Å². The van der Waals surface area contributed by atoms with E-state index in [1.165, 1.54) is 31.2 Å². The maximum Gasteiger partial charge on any atom is 0.308 e. The molecule has 2 N–H and O–H groups in total. The molecule has 110 valence electrons. The number of nitrogens with zero attached hydrogens (tertiary/aromatic N) is 1. The summed E-state index contributed by atoms with van der Waals surface area (Å²) in [6.45, 7) is 1.84. The van der Waals surface area contributed by atoms with Gasteiger partial charge in [-0.2, -0.15) is 0 Å². The normalized spacial score (nSPS) is 11.7. The van der Waals surface area contributed by atoms with E-state index in [1.807, 2.05) is 0 Å². The molecule has 2 amide bonds. The number of nitrogens with one attached hydrogen (secondary N) is 1. The zero-order valence-corrected chi connectivity index (χ0v) is 11.5. The van der Waals surface area contributed by atoms with E-state index in [2.05, 4.69) is 5.32 Å². The average Bonchev–Trinajstić information content (AvgIpc) is 2.91. The number of hydrogen-bond acceptors (Lipinski definition) is 4. The molecular formula is C13H18N2O5. The van der Waals surface area contributed by atoms with Crippen molar-refractivity contribution < 1.29 is 23.9 Å². The largest absolute Gasteiger partial charge is 0.481 e. The monoisotopic (exact) mass is 282 g/mol. The third kappa shape index (κ3) is 4.75. The molecule has 1 rings (SSSR count). The highest BCUT2D eigenvalue weighted by Gasteiger charge is 2.17. The van der Waals surface area contributed by atoms with Crippen LogP contribution in [0.1, 0.15) is 23.9 Å². The second-order valence-corrected chi connectivity index (χ2v) is 4.50. The summed E-state index contributed by atoms with van der Waals surface area (Å²) in [4.78, 5) is 35.3. The minimum Gasteiger partial charge on any atom is -0.481 e. The molecule has 1 atom stereocenters. The van der Waals surface area contributed by atoms with Gasteiger partial charge in [-0.1, -0.05) is 6.92 Å². The molecule has 0 aromatic carbocycles. The maximum absolute atomic E-state index is 11.7. The number of furan rings is 1. The van der Waals surface area contributed by atoms with Crippen LogP contribution in [0.15, 0.2) is 22.8 Å². The number of hydrogen-bond donors (Lipinski definition) is 2. The fourth-order valence-electron chi connectivity index (χ4n) is 1.56. The second kappa shape index (κ2) is 7.32. The lowest BCUT2D eigenvalue weighted by molar-refractivity contribution is -0.142. The van der Waals surface area contributed by atoms with Gasteiger partial charge >= 0.3 is 5.97 Å². The predicted molar refractivity (Wildman–Crippen MR) is 70.1 cm³/mol. The number of carboxylic acids is 1. The molecule has 0 spiro atoms. The Morgan fingerprint density at radius 1 is 1.45 bits per heavy atom. The standard InChI is InChI=1S/C13H18N2O5/c1-9(13(18)19)8-15(2)11(16)5-6-14-12(17)10-4-3-7-20-10/h3-4,7,9H,5-6,8H2,1-2H3,(H,14,17)(H,18,19). The number of rotatable bonds is 7. The highest BCUT2D eigenvalue weighted by atomic mass is 16.4. The highest BCUT2D eigenvalue weighted by Crippen LogP contribution is 2.01. The quantitative estimate of drug-likeness (QED) is 0.762. The molecule has 0 bridgehead atoms. The van der Waals surface area contributed by atoms with Gasteiger partial charge in [0.1, 0.15) is 0 Å². The van der Waals surface area contributed by atoms with Gasteiger partial charge in [0.05, 0.1) is 12.2 Å². The highest BCUT2D eigenvalue weighted by molar-refractivity contribution is 5.91. The lowest BCUT2D eigenvalue weighted by Gasteiger charge is -2.19. The summed E-state index contributed by atoms with van der Waals surface area (Å²) in [7, 11) is 1.54. The predicted octanol–water partition coefficient (Wildman–Crippen LogP) is 0.579. The van der Waals surface area contributed by atoms with Crippen LogP contribution in [-0.2, 0) is 9.59 Å². The van der Waals surface area contributed by atoms with Crippen LogP contribution in [0.3, 0.4) is 0 Å². The van der Waals surface area contributed by atoms with E-state index in [1.54, 1.807) is 6.07 Å². The minimum atomic E-state index is -0.948. The van der Waals surface area contributed by atoms with Gasteiger partial charge in [0.25, 0.3) is 5.91 Å². The molecule has 1 aromatic rings. The summed E-state index contributed by atoms with van der Waals surface area (Å²) >= 11 is 0. The molecule has 7 heteroatoms. The minimum absolute atomic E-state index is 0.106. The molecule has 0 saturated heterocycles. The molecule has 0 aliphatic rings. The van der Waals surface area contributed by atoms with Crippen LogP contribution in [-0.4, -0.2) is 47.9 Å². The van der Waals surface area contributed by atoms with E-state index >= 15 is 0 Å². The number of aliphatic carboxylic acids is 1. The van der Waals surface area contributed by atoms with Crippen molar-refractivity contribution in [2.24, 2.45) is 5.92 Å². The summed E-state index contributed by atoms with van der Waals surface area (Å²) in [5, 5.41) is 11.3. The number of carboxylic acid groups (broad SMARTS) is 1.